The molecule has 4 aromatic carbocycles. The molecule has 3 unspecified atom stereocenters. The van der Waals surface area contributed by atoms with Crippen LogP contribution >= 0.6 is 0 Å². The van der Waals surface area contributed by atoms with E-state index in [0.717, 1.165) is 18.7 Å². The van der Waals surface area contributed by atoms with E-state index < -0.39 is 0 Å². The number of aromatic nitrogens is 2. The van der Waals surface area contributed by atoms with Gasteiger partial charge in [-0.15, -0.1) is 0 Å². The lowest BCUT2D eigenvalue weighted by atomic mass is 9.87. The molecule has 4 aliphatic rings. The number of hydrogen-bond acceptors (Lipinski definition) is 3. The molecule has 2 aliphatic carbocycles. The highest BCUT2D eigenvalue weighted by molar-refractivity contribution is 5.93. The van der Waals surface area contributed by atoms with E-state index in [1.807, 2.05) is 18.6 Å². The smallest absolute Gasteiger partial charge is 0.0722 e. The van der Waals surface area contributed by atoms with Crippen LogP contribution in [0.2, 0.25) is 0 Å². The van der Waals surface area contributed by atoms with Crippen molar-refractivity contribution in [3.05, 3.63) is 185 Å². The molecule has 2 aromatic heterocycles. The molecule has 4 nitrogen and oxygen atoms in total. The number of allylic oxidation sites excluding steroid dienone is 5. The summed E-state index contributed by atoms with van der Waals surface area (Å²) in [5.74, 6) is 0.788. The number of anilines is 2. The van der Waals surface area contributed by atoms with E-state index in [0.29, 0.717) is 5.92 Å². The molecule has 0 N–H and O–H groups in total. The predicted octanol–water partition coefficient (Wildman–Crippen LogP) is 11.0. The Labute approximate surface area is 298 Å². The number of aliphatic imine (C=N–C) groups is 1. The summed E-state index contributed by atoms with van der Waals surface area (Å²) in [4.78, 5) is 11.6. The van der Waals surface area contributed by atoms with Crippen molar-refractivity contribution in [2.75, 3.05) is 11.4 Å². The summed E-state index contributed by atoms with van der Waals surface area (Å²) < 4.78 is 2.41. The van der Waals surface area contributed by atoms with Crippen molar-refractivity contribution < 1.29 is 0 Å². The second-order valence-electron chi connectivity index (χ2n) is 13.9. The van der Waals surface area contributed by atoms with Crippen molar-refractivity contribution in [1.82, 2.24) is 9.55 Å². The van der Waals surface area contributed by atoms with E-state index in [2.05, 4.69) is 172 Å². The van der Waals surface area contributed by atoms with E-state index in [1.165, 1.54) is 72.6 Å². The third-order valence-corrected chi connectivity index (χ3v) is 11.0. The van der Waals surface area contributed by atoms with E-state index in [9.17, 15) is 0 Å². The van der Waals surface area contributed by atoms with Gasteiger partial charge in [0.2, 0.25) is 0 Å². The number of hydrogen-bond donors (Lipinski definition) is 0. The molecule has 4 heteroatoms. The molecule has 0 amide bonds. The van der Waals surface area contributed by atoms with Gasteiger partial charge in [0.15, 0.2) is 0 Å². The monoisotopic (exact) mass is 656 g/mol. The molecule has 0 saturated carbocycles. The Hall–Kier alpha value is -6.22. The van der Waals surface area contributed by atoms with Crippen LogP contribution in [0.1, 0.15) is 46.7 Å². The van der Waals surface area contributed by atoms with E-state index in [1.54, 1.807) is 0 Å². The fourth-order valence-electron chi connectivity index (χ4n) is 8.49. The van der Waals surface area contributed by atoms with Crippen LogP contribution in [0.5, 0.6) is 0 Å². The number of pyridine rings is 1. The highest BCUT2D eigenvalue weighted by atomic mass is 15.2. The van der Waals surface area contributed by atoms with Crippen molar-refractivity contribution in [3.8, 4) is 11.1 Å². The second-order valence-corrected chi connectivity index (χ2v) is 13.9. The lowest BCUT2D eigenvalue weighted by molar-refractivity contribution is 0.815. The molecule has 4 heterocycles. The van der Waals surface area contributed by atoms with Crippen LogP contribution in [-0.4, -0.2) is 22.3 Å². The lowest BCUT2D eigenvalue weighted by Gasteiger charge is -2.25. The van der Waals surface area contributed by atoms with Crippen molar-refractivity contribution in [2.24, 2.45) is 10.9 Å². The van der Waals surface area contributed by atoms with E-state index >= 15 is 0 Å². The van der Waals surface area contributed by atoms with Crippen LogP contribution in [0.3, 0.4) is 0 Å². The second kappa shape index (κ2) is 12.0. The molecule has 51 heavy (non-hydrogen) atoms. The normalized spacial score (nSPS) is 20.1. The topological polar surface area (TPSA) is 33.4 Å². The van der Waals surface area contributed by atoms with Gasteiger partial charge >= 0.3 is 0 Å². The minimum Gasteiger partial charge on any atom is -0.313 e. The molecule has 0 saturated heterocycles. The summed E-state index contributed by atoms with van der Waals surface area (Å²) in [6.07, 6.45) is 18.3. The summed E-state index contributed by atoms with van der Waals surface area (Å²) in [6.45, 7) is 3.06. The molecule has 10 rings (SSSR count). The summed E-state index contributed by atoms with van der Waals surface area (Å²) in [7, 11) is 0. The van der Waals surface area contributed by atoms with Crippen molar-refractivity contribution >= 4 is 45.8 Å². The van der Waals surface area contributed by atoms with Gasteiger partial charge in [0.05, 0.1) is 23.5 Å². The fraction of sp³-hybridized carbons (Fsp3) is 0.128. The van der Waals surface area contributed by atoms with Gasteiger partial charge < -0.3 is 9.47 Å². The van der Waals surface area contributed by atoms with E-state index in [4.69, 9.17) is 0 Å². The average molecular weight is 657 g/mol. The summed E-state index contributed by atoms with van der Waals surface area (Å²) in [6, 6.07) is 39.5. The third-order valence-electron chi connectivity index (χ3n) is 11.0. The van der Waals surface area contributed by atoms with Crippen LogP contribution in [0, 0.1) is 5.92 Å². The molecule has 2 aliphatic heterocycles. The first-order chi connectivity index (χ1) is 25.2. The quantitative estimate of drug-likeness (QED) is 0.173. The summed E-state index contributed by atoms with van der Waals surface area (Å²) in [5.41, 5.74) is 20.0. The largest absolute Gasteiger partial charge is 0.313 e. The fourth-order valence-corrected chi connectivity index (χ4v) is 8.49. The zero-order valence-electron chi connectivity index (χ0n) is 28.4. The highest BCUT2D eigenvalue weighted by Gasteiger charge is 2.35. The first-order valence-corrected chi connectivity index (χ1v) is 17.9. The van der Waals surface area contributed by atoms with Gasteiger partial charge in [-0.1, -0.05) is 104 Å². The minimum absolute atomic E-state index is 0.175. The Morgan fingerprint density at radius 2 is 1.63 bits per heavy atom. The summed E-state index contributed by atoms with van der Waals surface area (Å²) >= 11 is 0. The van der Waals surface area contributed by atoms with Gasteiger partial charge in [0, 0.05) is 58.8 Å². The van der Waals surface area contributed by atoms with Crippen molar-refractivity contribution in [2.45, 2.75) is 25.2 Å². The average Bonchev–Trinajstić information content (AvgIpc) is 3.71. The Morgan fingerprint density at radius 3 is 2.45 bits per heavy atom. The van der Waals surface area contributed by atoms with Crippen molar-refractivity contribution in [3.63, 3.8) is 0 Å². The zero-order chi connectivity index (χ0) is 33.9. The molecular weight excluding hydrogens is 621 g/mol. The van der Waals surface area contributed by atoms with Gasteiger partial charge in [0.1, 0.15) is 0 Å². The Kier molecular flexibility index (Phi) is 6.97. The van der Waals surface area contributed by atoms with Gasteiger partial charge in [-0.2, -0.15) is 0 Å². The van der Waals surface area contributed by atoms with Gasteiger partial charge in [-0.25, -0.2) is 0 Å². The Balaban J connectivity index is 0.974. The van der Waals surface area contributed by atoms with Gasteiger partial charge in [0.25, 0.3) is 0 Å². The summed E-state index contributed by atoms with van der Waals surface area (Å²) in [5, 5.41) is 1.23. The Bertz CT molecular complexity index is 2520. The standard InChI is InChI=1S/C47H36N4/c1-31-26-35(14-19-43(31)51-45-21-16-37(33-10-6-3-7-11-33)28-40(45)42-30-49-25-23-47(42)51)34-12-17-38(18-13-34)50-44-20-15-36(32-8-4-2-5-9-32)27-39(44)41-29-48-24-22-46(41)50/h2-18,20-27,30-31,37,41H,28-29H2,1H3. The molecule has 3 atom stereocenters. The molecule has 0 spiro atoms. The number of fused-ring (bicyclic) bond motifs is 6. The number of nitrogens with zero attached hydrogens (tertiary/aromatic N) is 4. The molecule has 6 aromatic rings. The molecule has 244 valence electrons. The lowest BCUT2D eigenvalue weighted by Crippen LogP contribution is -2.17. The zero-order valence-corrected chi connectivity index (χ0v) is 28.4. The first-order valence-electron chi connectivity index (χ1n) is 17.9. The van der Waals surface area contributed by atoms with E-state index in [-0.39, 0.29) is 11.8 Å². The van der Waals surface area contributed by atoms with Crippen LogP contribution in [0.25, 0.3) is 39.4 Å². The molecule has 0 fully saturated rings. The number of rotatable bonds is 5. The number of dihydropyridines is 1. The number of benzene rings is 4. The molecule has 0 bridgehead atoms. The molecule has 0 radical (unpaired) electrons. The van der Waals surface area contributed by atoms with Gasteiger partial charge in [-0.3, -0.25) is 9.98 Å². The van der Waals surface area contributed by atoms with Crippen LogP contribution in [0.15, 0.2) is 162 Å². The minimum atomic E-state index is 0.175. The predicted molar refractivity (Wildman–Crippen MR) is 211 cm³/mol. The van der Waals surface area contributed by atoms with Crippen LogP contribution < -0.4 is 4.90 Å². The Morgan fingerprint density at radius 1 is 0.824 bits per heavy atom. The maximum absolute atomic E-state index is 4.66. The van der Waals surface area contributed by atoms with Crippen LogP contribution in [0.4, 0.5) is 11.4 Å². The SMILES string of the molecule is CC1C=C(c2ccc(N3C4=CC=NCC4c4cc(-c5ccccc5)ccc43)cc2)C=C=C1n1c2c(c3cnccc31)CC(c1ccccc1)C=C2. The maximum Gasteiger partial charge on any atom is 0.0722 e. The third kappa shape index (κ3) is 4.91. The highest BCUT2D eigenvalue weighted by Crippen LogP contribution is 2.50. The maximum atomic E-state index is 4.66. The van der Waals surface area contributed by atoms with Crippen LogP contribution in [-0.2, 0) is 6.42 Å². The van der Waals surface area contributed by atoms with Gasteiger partial charge in [-0.05, 0) is 93.9 Å². The first kappa shape index (κ1) is 29.7. The van der Waals surface area contributed by atoms with Crippen molar-refractivity contribution in [1.29, 1.82) is 0 Å². The molecular formula is C47H36N4.